The van der Waals surface area contributed by atoms with Crippen LogP contribution in [0.15, 0.2) is 4.99 Å². The minimum absolute atomic E-state index is 0. The summed E-state index contributed by atoms with van der Waals surface area (Å²) in [5.74, 6) is 1.55. The zero-order chi connectivity index (χ0) is 15.9. The molecule has 0 aromatic carbocycles. The molecule has 1 unspecified atom stereocenters. The van der Waals surface area contributed by atoms with E-state index in [0.717, 1.165) is 32.1 Å². The topological polar surface area (TPSA) is 66.0 Å². The van der Waals surface area contributed by atoms with E-state index in [2.05, 4.69) is 20.5 Å². The van der Waals surface area contributed by atoms with E-state index in [-0.39, 0.29) is 35.3 Å². The molecule has 0 aromatic rings. The van der Waals surface area contributed by atoms with E-state index >= 15 is 0 Å². The van der Waals surface area contributed by atoms with Crippen LogP contribution in [-0.4, -0.2) is 63.7 Å². The van der Waals surface area contributed by atoms with Crippen molar-refractivity contribution >= 4 is 35.8 Å². The predicted molar refractivity (Wildman–Crippen MR) is 101 cm³/mol. The van der Waals surface area contributed by atoms with Crippen LogP contribution < -0.4 is 10.6 Å². The summed E-state index contributed by atoms with van der Waals surface area (Å²) in [6, 6.07) is 0. The number of nitrogens with zero attached hydrogens (tertiary/aromatic N) is 2. The highest BCUT2D eigenvalue weighted by Crippen LogP contribution is 2.16. The van der Waals surface area contributed by atoms with Gasteiger partial charge in [-0.1, -0.05) is 20.8 Å². The normalized spacial score (nSPS) is 18.9. The average molecular weight is 426 g/mol. The molecule has 1 saturated heterocycles. The van der Waals surface area contributed by atoms with Crippen LogP contribution >= 0.6 is 24.0 Å². The van der Waals surface area contributed by atoms with Gasteiger partial charge in [-0.15, -0.1) is 24.0 Å². The quantitative estimate of drug-likeness (QED) is 0.301. The minimum Gasteiger partial charge on any atom is -0.384 e. The highest BCUT2D eigenvalue weighted by molar-refractivity contribution is 14.0. The first-order chi connectivity index (χ1) is 9.88. The Morgan fingerprint density at radius 2 is 1.95 bits per heavy atom. The zero-order valence-electron chi connectivity index (χ0n) is 14.4. The number of carbonyl (C=O) groups is 1. The summed E-state index contributed by atoms with van der Waals surface area (Å²) in [7, 11) is 3.54. The molecule has 0 bridgehead atoms. The second-order valence-corrected chi connectivity index (χ2v) is 6.54. The molecule has 7 heteroatoms. The lowest BCUT2D eigenvalue weighted by Gasteiger charge is -2.22. The first kappa shape index (κ1) is 21.4. The Balaban J connectivity index is 0.00000441. The molecule has 1 fully saturated rings. The number of likely N-dealkylation sites (tertiary alicyclic amines) is 1. The Morgan fingerprint density at radius 1 is 1.32 bits per heavy atom. The summed E-state index contributed by atoms with van der Waals surface area (Å²) < 4.78 is 5.21. The molecule has 130 valence electrons. The molecule has 0 spiro atoms. The van der Waals surface area contributed by atoms with Crippen LogP contribution in [0, 0.1) is 11.3 Å². The van der Waals surface area contributed by atoms with Crippen LogP contribution in [0.25, 0.3) is 0 Å². The largest absolute Gasteiger partial charge is 0.384 e. The molecule has 0 aromatic heterocycles. The van der Waals surface area contributed by atoms with Crippen LogP contribution in [-0.2, 0) is 9.53 Å². The van der Waals surface area contributed by atoms with Gasteiger partial charge in [0.15, 0.2) is 5.96 Å². The molecule has 1 heterocycles. The lowest BCUT2D eigenvalue weighted by atomic mass is 9.96. The Morgan fingerprint density at radius 3 is 2.50 bits per heavy atom. The number of halogens is 1. The van der Waals surface area contributed by atoms with Crippen molar-refractivity contribution in [3.05, 3.63) is 0 Å². The van der Waals surface area contributed by atoms with Crippen molar-refractivity contribution < 1.29 is 9.53 Å². The van der Waals surface area contributed by atoms with Gasteiger partial charge in [0.05, 0.1) is 6.61 Å². The van der Waals surface area contributed by atoms with E-state index in [1.54, 1.807) is 14.2 Å². The number of carbonyl (C=O) groups excluding carboxylic acids is 1. The molecule has 0 aliphatic carbocycles. The average Bonchev–Trinajstić information content (AvgIpc) is 2.86. The maximum Gasteiger partial charge on any atom is 0.225 e. The summed E-state index contributed by atoms with van der Waals surface area (Å²) in [6.45, 7) is 9.79. The first-order valence-corrected chi connectivity index (χ1v) is 7.61. The Labute approximate surface area is 151 Å². The molecule has 1 aliphatic rings. The van der Waals surface area contributed by atoms with Crippen LogP contribution in [0.4, 0.5) is 0 Å². The summed E-state index contributed by atoms with van der Waals surface area (Å²) in [4.78, 5) is 18.3. The van der Waals surface area contributed by atoms with Crippen molar-refractivity contribution in [2.75, 3.05) is 46.9 Å². The number of rotatable bonds is 5. The molecule has 22 heavy (non-hydrogen) atoms. The van der Waals surface area contributed by atoms with Gasteiger partial charge in [0.1, 0.15) is 0 Å². The van der Waals surface area contributed by atoms with Gasteiger partial charge in [0, 0.05) is 51.7 Å². The summed E-state index contributed by atoms with van der Waals surface area (Å²) >= 11 is 0. The standard InChI is InChI=1S/C15H30N4O2.HI/c1-15(2,3)13(20)17-7-8-18-14(16-4)19-9-6-12(10-19)11-21-5;/h12H,6-11H2,1-5H3,(H,16,18)(H,17,20);1H. The lowest BCUT2D eigenvalue weighted by Crippen LogP contribution is -2.44. The van der Waals surface area contributed by atoms with Crippen LogP contribution in [0.2, 0.25) is 0 Å². The maximum absolute atomic E-state index is 11.8. The van der Waals surface area contributed by atoms with Gasteiger partial charge in [-0.05, 0) is 6.42 Å². The molecule has 6 nitrogen and oxygen atoms in total. The van der Waals surface area contributed by atoms with Gasteiger partial charge in [0.2, 0.25) is 5.91 Å². The first-order valence-electron chi connectivity index (χ1n) is 7.61. The van der Waals surface area contributed by atoms with E-state index in [1.165, 1.54) is 0 Å². The smallest absolute Gasteiger partial charge is 0.225 e. The van der Waals surface area contributed by atoms with Crippen molar-refractivity contribution in [3.8, 4) is 0 Å². The van der Waals surface area contributed by atoms with E-state index in [0.29, 0.717) is 19.0 Å². The van der Waals surface area contributed by atoms with Crippen molar-refractivity contribution in [2.45, 2.75) is 27.2 Å². The predicted octanol–water partition coefficient (Wildman–Crippen LogP) is 1.31. The van der Waals surface area contributed by atoms with E-state index in [4.69, 9.17) is 4.74 Å². The monoisotopic (exact) mass is 426 g/mol. The maximum atomic E-state index is 11.8. The number of nitrogens with one attached hydrogen (secondary N) is 2. The summed E-state index contributed by atoms with van der Waals surface area (Å²) in [6.07, 6.45) is 1.13. The highest BCUT2D eigenvalue weighted by Gasteiger charge is 2.24. The van der Waals surface area contributed by atoms with Crippen molar-refractivity contribution in [3.63, 3.8) is 0 Å². The zero-order valence-corrected chi connectivity index (χ0v) is 16.8. The van der Waals surface area contributed by atoms with Gasteiger partial charge in [-0.25, -0.2) is 0 Å². The molecule has 0 radical (unpaired) electrons. The number of hydrogen-bond acceptors (Lipinski definition) is 3. The Kier molecular flexibility index (Phi) is 9.99. The molecular formula is C15H31IN4O2. The summed E-state index contributed by atoms with van der Waals surface area (Å²) in [5, 5.41) is 6.23. The minimum atomic E-state index is -0.343. The fraction of sp³-hybridized carbons (Fsp3) is 0.867. The third-order valence-corrected chi connectivity index (χ3v) is 3.57. The Bertz CT molecular complexity index is 369. The SMILES string of the molecule is CN=C(NCCNC(=O)C(C)(C)C)N1CCC(COC)C1.I. The van der Waals surface area contributed by atoms with Gasteiger partial charge in [-0.3, -0.25) is 9.79 Å². The number of guanidine groups is 1. The van der Waals surface area contributed by atoms with Crippen molar-refractivity contribution in [1.82, 2.24) is 15.5 Å². The molecule has 1 rings (SSSR count). The lowest BCUT2D eigenvalue weighted by molar-refractivity contribution is -0.128. The Hall–Kier alpha value is -0.570. The van der Waals surface area contributed by atoms with Crippen LogP contribution in [0.5, 0.6) is 0 Å². The van der Waals surface area contributed by atoms with Gasteiger partial charge >= 0.3 is 0 Å². The molecule has 1 aliphatic heterocycles. The second kappa shape index (κ2) is 10.3. The van der Waals surface area contributed by atoms with E-state index < -0.39 is 0 Å². The molecule has 2 N–H and O–H groups in total. The highest BCUT2D eigenvalue weighted by atomic mass is 127. The van der Waals surface area contributed by atoms with Gasteiger partial charge in [-0.2, -0.15) is 0 Å². The third-order valence-electron chi connectivity index (χ3n) is 3.57. The third kappa shape index (κ3) is 7.13. The number of aliphatic imine (C=N–C) groups is 1. The van der Waals surface area contributed by atoms with E-state index in [1.807, 2.05) is 20.8 Å². The number of hydrogen-bond donors (Lipinski definition) is 2. The fourth-order valence-corrected chi connectivity index (χ4v) is 2.34. The molecule has 1 amide bonds. The van der Waals surface area contributed by atoms with Gasteiger partial charge < -0.3 is 20.3 Å². The molecule has 1 atom stereocenters. The van der Waals surface area contributed by atoms with Crippen LogP contribution in [0.1, 0.15) is 27.2 Å². The van der Waals surface area contributed by atoms with Gasteiger partial charge in [0.25, 0.3) is 0 Å². The number of amides is 1. The van der Waals surface area contributed by atoms with E-state index in [9.17, 15) is 4.79 Å². The fourth-order valence-electron chi connectivity index (χ4n) is 2.34. The number of ether oxygens (including phenoxy) is 1. The van der Waals surface area contributed by atoms with Crippen molar-refractivity contribution in [2.24, 2.45) is 16.3 Å². The molecule has 0 saturated carbocycles. The van der Waals surface area contributed by atoms with Crippen molar-refractivity contribution in [1.29, 1.82) is 0 Å². The number of methoxy groups -OCH3 is 1. The second-order valence-electron chi connectivity index (χ2n) is 6.54. The molecular weight excluding hydrogens is 395 g/mol. The van der Waals surface area contributed by atoms with Crippen LogP contribution in [0.3, 0.4) is 0 Å². The summed E-state index contributed by atoms with van der Waals surface area (Å²) in [5.41, 5.74) is -0.343.